The van der Waals surface area contributed by atoms with Gasteiger partial charge >= 0.3 is 0 Å². The van der Waals surface area contributed by atoms with Gasteiger partial charge in [-0.3, -0.25) is 0 Å². The molecule has 0 unspecified atom stereocenters. The summed E-state index contributed by atoms with van der Waals surface area (Å²) >= 11 is 13.0. The first kappa shape index (κ1) is 14.5. The maximum atomic E-state index is 5.36. The fourth-order valence-corrected chi connectivity index (χ4v) is 2.52. The molecule has 0 saturated heterocycles. The van der Waals surface area contributed by atoms with E-state index in [0.717, 1.165) is 15.8 Å². The third kappa shape index (κ3) is 10.6. The van der Waals surface area contributed by atoms with Gasteiger partial charge in [0.2, 0.25) is 0 Å². The van der Waals surface area contributed by atoms with E-state index in [1.165, 1.54) is 19.3 Å². The number of unbranched alkanes of at least 4 members (excludes halogenated alkanes) is 2. The lowest BCUT2D eigenvalue weighted by Crippen LogP contribution is -2.11. The summed E-state index contributed by atoms with van der Waals surface area (Å²) in [7, 11) is 1.86. The zero-order valence-corrected chi connectivity index (χ0v) is 11.5. The normalized spacial score (nSPS) is 9.79. The van der Waals surface area contributed by atoms with E-state index in [1.807, 2.05) is 7.05 Å². The molecule has 0 radical (unpaired) electrons. The molecule has 0 fully saturated rings. The molecule has 82 valence electrons. The Labute approximate surface area is 105 Å². The number of hydrogen-bond donors (Lipinski definition) is 2. The number of nitrogens with one attached hydrogen (secondary N) is 1. The highest BCUT2D eigenvalue weighted by atomic mass is 32.2. The van der Waals surface area contributed by atoms with Gasteiger partial charge in [0.05, 0.1) is 0 Å². The topological polar surface area (TPSA) is 38.0 Å². The molecular formula is C8H16N2S4. The van der Waals surface area contributed by atoms with E-state index in [4.69, 9.17) is 30.2 Å². The monoisotopic (exact) mass is 268 g/mol. The molecule has 0 aliphatic rings. The van der Waals surface area contributed by atoms with Gasteiger partial charge in [0.1, 0.15) is 8.64 Å². The van der Waals surface area contributed by atoms with Crippen molar-refractivity contribution in [3.05, 3.63) is 0 Å². The summed E-state index contributed by atoms with van der Waals surface area (Å²) in [5, 5.41) is 2.94. The van der Waals surface area contributed by atoms with Crippen molar-refractivity contribution in [2.75, 3.05) is 18.6 Å². The first-order valence-electron chi connectivity index (χ1n) is 4.43. The van der Waals surface area contributed by atoms with Crippen molar-refractivity contribution in [3.63, 3.8) is 0 Å². The summed E-state index contributed by atoms with van der Waals surface area (Å²) in [6.45, 7) is 0. The standard InChI is InChI=1S/C8H16N2S4/c1-10-8(12)14-6-4-2-3-5-13-7(9)11/h2-6H2,1H3,(H2,9,11)(H,10,12). The zero-order valence-electron chi connectivity index (χ0n) is 8.25. The lowest BCUT2D eigenvalue weighted by molar-refractivity contribution is 0.787. The Morgan fingerprint density at radius 3 is 2.21 bits per heavy atom. The predicted molar refractivity (Wildman–Crippen MR) is 77.2 cm³/mol. The maximum Gasteiger partial charge on any atom is 0.133 e. The van der Waals surface area contributed by atoms with Crippen LogP contribution in [0, 0.1) is 0 Å². The van der Waals surface area contributed by atoms with Crippen LogP contribution in [-0.4, -0.2) is 27.2 Å². The van der Waals surface area contributed by atoms with Gasteiger partial charge in [-0.25, -0.2) is 0 Å². The van der Waals surface area contributed by atoms with Gasteiger partial charge in [-0.15, -0.1) is 0 Å². The van der Waals surface area contributed by atoms with Gasteiger partial charge in [-0.05, 0) is 12.8 Å². The molecule has 0 aliphatic carbocycles. The van der Waals surface area contributed by atoms with Crippen molar-refractivity contribution < 1.29 is 0 Å². The summed E-state index contributed by atoms with van der Waals surface area (Å²) in [4.78, 5) is 0. The summed E-state index contributed by atoms with van der Waals surface area (Å²) < 4.78 is 1.43. The highest BCUT2D eigenvalue weighted by Gasteiger charge is 1.95. The number of rotatable bonds is 6. The summed E-state index contributed by atoms with van der Waals surface area (Å²) in [6, 6.07) is 0. The largest absolute Gasteiger partial charge is 0.385 e. The van der Waals surface area contributed by atoms with Crippen LogP contribution in [0.2, 0.25) is 0 Å². The molecule has 0 aromatic heterocycles. The van der Waals surface area contributed by atoms with Crippen LogP contribution >= 0.6 is 48.0 Å². The summed E-state index contributed by atoms with van der Waals surface area (Å²) in [6.07, 6.45) is 3.59. The quantitative estimate of drug-likeness (QED) is 0.569. The lowest BCUT2D eigenvalue weighted by Gasteiger charge is -2.02. The molecule has 0 amide bonds. The molecule has 0 aromatic carbocycles. The Balaban J connectivity index is 3.06. The van der Waals surface area contributed by atoms with Crippen LogP contribution in [0.25, 0.3) is 0 Å². The van der Waals surface area contributed by atoms with Crippen LogP contribution in [-0.2, 0) is 0 Å². The molecule has 0 heterocycles. The molecule has 0 aliphatic heterocycles. The minimum atomic E-state index is 0.552. The van der Waals surface area contributed by atoms with E-state index in [9.17, 15) is 0 Å². The zero-order chi connectivity index (χ0) is 10.8. The van der Waals surface area contributed by atoms with Crippen LogP contribution in [0.15, 0.2) is 0 Å². The van der Waals surface area contributed by atoms with Crippen molar-refractivity contribution in [1.82, 2.24) is 5.32 Å². The Morgan fingerprint density at radius 2 is 1.71 bits per heavy atom. The van der Waals surface area contributed by atoms with Crippen LogP contribution in [0.3, 0.4) is 0 Å². The third-order valence-corrected chi connectivity index (χ3v) is 4.12. The average molecular weight is 268 g/mol. The first-order chi connectivity index (χ1) is 6.66. The summed E-state index contributed by atoms with van der Waals surface area (Å²) in [5.41, 5.74) is 5.36. The van der Waals surface area contributed by atoms with Crippen molar-refractivity contribution in [2.24, 2.45) is 5.73 Å². The highest BCUT2D eigenvalue weighted by molar-refractivity contribution is 8.23. The van der Waals surface area contributed by atoms with Crippen LogP contribution < -0.4 is 11.1 Å². The van der Waals surface area contributed by atoms with Gasteiger partial charge in [-0.2, -0.15) is 0 Å². The second-order valence-electron chi connectivity index (χ2n) is 2.61. The van der Waals surface area contributed by atoms with E-state index in [1.54, 1.807) is 23.5 Å². The Morgan fingerprint density at radius 1 is 1.14 bits per heavy atom. The lowest BCUT2D eigenvalue weighted by atomic mass is 10.3. The third-order valence-electron chi connectivity index (χ3n) is 1.47. The van der Waals surface area contributed by atoms with E-state index >= 15 is 0 Å². The van der Waals surface area contributed by atoms with Gasteiger partial charge < -0.3 is 11.1 Å². The minimum absolute atomic E-state index is 0.552. The summed E-state index contributed by atoms with van der Waals surface area (Å²) in [5.74, 6) is 2.13. The molecule has 6 heteroatoms. The van der Waals surface area contributed by atoms with Crippen LogP contribution in [0.1, 0.15) is 19.3 Å². The molecule has 14 heavy (non-hydrogen) atoms. The fourth-order valence-electron chi connectivity index (χ4n) is 0.791. The van der Waals surface area contributed by atoms with Gasteiger partial charge in [0.25, 0.3) is 0 Å². The second kappa shape index (κ2) is 10.0. The molecule has 0 saturated carbocycles. The molecule has 0 rings (SSSR count). The minimum Gasteiger partial charge on any atom is -0.385 e. The van der Waals surface area contributed by atoms with Crippen molar-refractivity contribution in [3.8, 4) is 0 Å². The van der Waals surface area contributed by atoms with Gasteiger partial charge in [0.15, 0.2) is 0 Å². The van der Waals surface area contributed by atoms with Crippen molar-refractivity contribution in [2.45, 2.75) is 19.3 Å². The molecule has 2 nitrogen and oxygen atoms in total. The molecule has 0 atom stereocenters. The molecular weight excluding hydrogens is 252 g/mol. The molecule has 0 spiro atoms. The predicted octanol–water partition coefficient (Wildman–Crippen LogP) is 2.37. The Hall–Kier alpha value is 0.480. The van der Waals surface area contributed by atoms with E-state index in [2.05, 4.69) is 5.32 Å². The van der Waals surface area contributed by atoms with E-state index in [0.29, 0.717) is 4.32 Å². The molecule has 3 N–H and O–H groups in total. The Kier molecular flexibility index (Phi) is 10.4. The smallest absolute Gasteiger partial charge is 0.133 e. The SMILES string of the molecule is CNC(=S)SCCCCCSC(N)=S. The number of hydrogen-bond acceptors (Lipinski definition) is 4. The highest BCUT2D eigenvalue weighted by Crippen LogP contribution is 2.10. The second-order valence-corrected chi connectivity index (χ2v) is 6.22. The van der Waals surface area contributed by atoms with Crippen LogP contribution in [0.5, 0.6) is 0 Å². The molecule has 0 bridgehead atoms. The molecule has 0 aromatic rings. The van der Waals surface area contributed by atoms with Crippen molar-refractivity contribution >= 4 is 56.6 Å². The average Bonchev–Trinajstić information content (AvgIpc) is 2.15. The van der Waals surface area contributed by atoms with Gasteiger partial charge in [0, 0.05) is 18.6 Å². The van der Waals surface area contributed by atoms with E-state index < -0.39 is 0 Å². The van der Waals surface area contributed by atoms with Gasteiger partial charge in [-0.1, -0.05) is 54.4 Å². The van der Waals surface area contributed by atoms with Crippen molar-refractivity contribution in [1.29, 1.82) is 0 Å². The van der Waals surface area contributed by atoms with E-state index in [-0.39, 0.29) is 0 Å². The number of nitrogens with two attached hydrogens (primary N) is 1. The first-order valence-corrected chi connectivity index (χ1v) is 7.22. The fraction of sp³-hybridized carbons (Fsp3) is 0.750. The maximum absolute atomic E-state index is 5.36. The number of thioether (sulfide) groups is 2. The van der Waals surface area contributed by atoms with Crippen LogP contribution in [0.4, 0.5) is 0 Å². The Bertz CT molecular complexity index is 184. The number of thiocarbonyl (C=S) groups is 2.